The van der Waals surface area contributed by atoms with Crippen molar-refractivity contribution in [1.29, 1.82) is 0 Å². The lowest BCUT2D eigenvalue weighted by molar-refractivity contribution is 0.291. The quantitative estimate of drug-likeness (QED) is 0.320. The number of thioether (sulfide) groups is 1. The summed E-state index contributed by atoms with van der Waals surface area (Å²) >= 11 is 3.06. The summed E-state index contributed by atoms with van der Waals surface area (Å²) in [4.78, 5) is 8.98. The third-order valence-corrected chi connectivity index (χ3v) is 6.33. The van der Waals surface area contributed by atoms with Gasteiger partial charge in [-0.3, -0.25) is 4.98 Å². The van der Waals surface area contributed by atoms with Crippen molar-refractivity contribution in [3.63, 3.8) is 0 Å². The van der Waals surface area contributed by atoms with Crippen LogP contribution in [0.15, 0.2) is 59.2 Å². The number of rotatable bonds is 8. The fourth-order valence-electron chi connectivity index (χ4n) is 2.72. The van der Waals surface area contributed by atoms with Crippen LogP contribution in [-0.2, 0) is 12.4 Å². The molecular weight excluding hydrogens is 416 g/mol. The third kappa shape index (κ3) is 4.80. The SMILES string of the molecule is CC(C)c1ccc(OCc2nnc(SCc3csc(-c4ccccn4)n3)n2N)cc1. The highest BCUT2D eigenvalue weighted by molar-refractivity contribution is 7.98. The fraction of sp³-hybridized carbons (Fsp3) is 0.238. The molecular formula is C21H22N6OS2. The second kappa shape index (κ2) is 9.27. The molecule has 4 aromatic rings. The van der Waals surface area contributed by atoms with Crippen LogP contribution >= 0.6 is 23.1 Å². The number of nitrogens with zero attached hydrogens (tertiary/aromatic N) is 5. The van der Waals surface area contributed by atoms with Gasteiger partial charge in [-0.05, 0) is 35.7 Å². The lowest BCUT2D eigenvalue weighted by Crippen LogP contribution is -2.15. The van der Waals surface area contributed by atoms with Crippen LogP contribution in [0.1, 0.15) is 36.8 Å². The Labute approximate surface area is 183 Å². The average Bonchev–Trinajstić information content (AvgIpc) is 3.38. The smallest absolute Gasteiger partial charge is 0.210 e. The standard InChI is InChI=1S/C21H22N6OS2/c1-14(2)15-6-8-17(9-7-15)28-11-19-25-26-21(27(19)22)30-13-16-12-29-20(24-16)18-5-3-4-10-23-18/h3-10,12,14H,11,13,22H2,1-2H3. The van der Waals surface area contributed by atoms with Gasteiger partial charge in [0.05, 0.1) is 11.4 Å². The molecule has 0 bridgehead atoms. The molecule has 0 aliphatic rings. The predicted octanol–water partition coefficient (Wildman–Crippen LogP) is 4.51. The normalized spacial score (nSPS) is 11.2. The van der Waals surface area contributed by atoms with Crippen molar-refractivity contribution in [2.45, 2.75) is 37.3 Å². The van der Waals surface area contributed by atoms with Crippen LogP contribution in [0.5, 0.6) is 5.75 Å². The Balaban J connectivity index is 1.34. The zero-order valence-corrected chi connectivity index (χ0v) is 18.4. The summed E-state index contributed by atoms with van der Waals surface area (Å²) in [6, 6.07) is 13.9. The van der Waals surface area contributed by atoms with E-state index in [1.807, 2.05) is 35.7 Å². The maximum Gasteiger partial charge on any atom is 0.210 e. The lowest BCUT2D eigenvalue weighted by Gasteiger charge is -2.08. The van der Waals surface area contributed by atoms with Gasteiger partial charge in [-0.1, -0.05) is 43.8 Å². The minimum Gasteiger partial charge on any atom is -0.486 e. The molecule has 0 radical (unpaired) electrons. The third-order valence-electron chi connectivity index (χ3n) is 4.43. The minimum absolute atomic E-state index is 0.256. The predicted molar refractivity (Wildman–Crippen MR) is 120 cm³/mol. The van der Waals surface area contributed by atoms with Gasteiger partial charge in [0.15, 0.2) is 5.82 Å². The Hall–Kier alpha value is -2.91. The van der Waals surface area contributed by atoms with E-state index in [-0.39, 0.29) is 6.61 Å². The van der Waals surface area contributed by atoms with Crippen LogP contribution in [0, 0.1) is 0 Å². The molecule has 0 saturated heterocycles. The van der Waals surface area contributed by atoms with Crippen LogP contribution in [0.2, 0.25) is 0 Å². The maximum atomic E-state index is 6.15. The molecule has 0 saturated carbocycles. The lowest BCUT2D eigenvalue weighted by atomic mass is 10.0. The number of hydrogen-bond acceptors (Lipinski definition) is 8. The molecule has 0 aliphatic heterocycles. The molecule has 154 valence electrons. The maximum absolute atomic E-state index is 6.15. The number of ether oxygens (including phenoxy) is 1. The van der Waals surface area contributed by atoms with Gasteiger partial charge >= 0.3 is 0 Å². The summed E-state index contributed by atoms with van der Waals surface area (Å²) in [6.07, 6.45) is 1.77. The first-order chi connectivity index (χ1) is 14.6. The number of pyridine rings is 1. The highest BCUT2D eigenvalue weighted by atomic mass is 32.2. The number of benzene rings is 1. The number of nitrogens with two attached hydrogens (primary N) is 1. The number of thiazole rings is 1. The molecule has 4 rings (SSSR count). The van der Waals surface area contributed by atoms with Crippen LogP contribution in [0.3, 0.4) is 0 Å². The average molecular weight is 439 g/mol. The van der Waals surface area contributed by atoms with Crippen molar-refractivity contribution in [2.75, 3.05) is 5.84 Å². The topological polar surface area (TPSA) is 91.7 Å². The molecule has 0 aliphatic carbocycles. The molecule has 9 heteroatoms. The molecule has 0 spiro atoms. The van der Waals surface area contributed by atoms with Crippen LogP contribution in [0.4, 0.5) is 0 Å². The summed E-state index contributed by atoms with van der Waals surface area (Å²) in [7, 11) is 0. The molecule has 0 amide bonds. The van der Waals surface area contributed by atoms with Crippen molar-refractivity contribution in [2.24, 2.45) is 0 Å². The number of hydrogen-bond donors (Lipinski definition) is 1. The van der Waals surface area contributed by atoms with E-state index in [2.05, 4.69) is 46.1 Å². The fourth-order valence-corrected chi connectivity index (χ4v) is 4.39. The van der Waals surface area contributed by atoms with Crippen molar-refractivity contribution < 1.29 is 4.74 Å². The second-order valence-corrected chi connectivity index (χ2v) is 8.73. The minimum atomic E-state index is 0.256. The highest BCUT2D eigenvalue weighted by Gasteiger charge is 2.13. The van der Waals surface area contributed by atoms with Gasteiger partial charge < -0.3 is 10.6 Å². The summed E-state index contributed by atoms with van der Waals surface area (Å²) in [5.74, 6) is 8.64. The van der Waals surface area contributed by atoms with Crippen molar-refractivity contribution in [3.8, 4) is 16.5 Å². The van der Waals surface area contributed by atoms with E-state index in [1.165, 1.54) is 22.0 Å². The van der Waals surface area contributed by atoms with Gasteiger partial charge in [0, 0.05) is 17.3 Å². The van der Waals surface area contributed by atoms with Gasteiger partial charge in [0.2, 0.25) is 5.16 Å². The molecule has 3 aromatic heterocycles. The van der Waals surface area contributed by atoms with E-state index in [0.29, 0.717) is 22.7 Å². The second-order valence-electron chi connectivity index (χ2n) is 6.93. The number of aromatic nitrogens is 5. The molecule has 30 heavy (non-hydrogen) atoms. The van der Waals surface area contributed by atoms with Gasteiger partial charge in [0.1, 0.15) is 17.4 Å². The molecule has 7 nitrogen and oxygen atoms in total. The molecule has 0 unspecified atom stereocenters. The van der Waals surface area contributed by atoms with E-state index >= 15 is 0 Å². The highest BCUT2D eigenvalue weighted by Crippen LogP contribution is 2.26. The number of nitrogen functional groups attached to an aromatic ring is 1. The van der Waals surface area contributed by atoms with Gasteiger partial charge in [0.25, 0.3) is 0 Å². The van der Waals surface area contributed by atoms with E-state index in [1.54, 1.807) is 17.5 Å². The first-order valence-corrected chi connectivity index (χ1v) is 11.4. The Morgan fingerprint density at radius 2 is 1.97 bits per heavy atom. The molecule has 0 atom stereocenters. The monoisotopic (exact) mass is 438 g/mol. The zero-order valence-electron chi connectivity index (χ0n) is 16.7. The van der Waals surface area contributed by atoms with Crippen LogP contribution in [-0.4, -0.2) is 24.8 Å². The molecule has 3 heterocycles. The van der Waals surface area contributed by atoms with E-state index in [9.17, 15) is 0 Å². The molecule has 2 N–H and O–H groups in total. The van der Waals surface area contributed by atoms with Gasteiger partial charge in [-0.2, -0.15) is 0 Å². The Bertz CT molecular complexity index is 1090. The summed E-state index contributed by atoms with van der Waals surface area (Å²) in [5, 5.41) is 11.9. The van der Waals surface area contributed by atoms with E-state index < -0.39 is 0 Å². The first-order valence-electron chi connectivity index (χ1n) is 9.51. The Morgan fingerprint density at radius 3 is 2.70 bits per heavy atom. The Morgan fingerprint density at radius 1 is 1.13 bits per heavy atom. The first kappa shape index (κ1) is 20.4. The van der Waals surface area contributed by atoms with Crippen LogP contribution < -0.4 is 10.6 Å². The van der Waals surface area contributed by atoms with Gasteiger partial charge in [-0.15, -0.1) is 21.5 Å². The van der Waals surface area contributed by atoms with Crippen molar-refractivity contribution in [3.05, 3.63) is 71.1 Å². The van der Waals surface area contributed by atoms with E-state index in [4.69, 9.17) is 10.6 Å². The molecule has 0 fully saturated rings. The molecule has 1 aromatic carbocycles. The zero-order chi connectivity index (χ0) is 20.9. The summed E-state index contributed by atoms with van der Waals surface area (Å²) < 4.78 is 7.28. The summed E-state index contributed by atoms with van der Waals surface area (Å²) in [5.41, 5.74) is 3.11. The summed E-state index contributed by atoms with van der Waals surface area (Å²) in [6.45, 7) is 4.58. The Kier molecular flexibility index (Phi) is 6.29. The van der Waals surface area contributed by atoms with Crippen molar-refractivity contribution >= 4 is 23.1 Å². The van der Waals surface area contributed by atoms with Crippen LogP contribution in [0.25, 0.3) is 10.7 Å². The van der Waals surface area contributed by atoms with E-state index in [0.717, 1.165) is 22.1 Å². The largest absolute Gasteiger partial charge is 0.486 e. The van der Waals surface area contributed by atoms with Gasteiger partial charge in [-0.25, -0.2) is 9.66 Å². The van der Waals surface area contributed by atoms with Crippen molar-refractivity contribution in [1.82, 2.24) is 24.8 Å².